The van der Waals surface area contributed by atoms with Crippen LogP contribution in [0.2, 0.25) is 0 Å². The lowest BCUT2D eigenvalue weighted by molar-refractivity contribution is -0.137. The first-order valence-corrected chi connectivity index (χ1v) is 11.7. The van der Waals surface area contributed by atoms with Crippen LogP contribution in [0.5, 0.6) is 0 Å². The van der Waals surface area contributed by atoms with Crippen molar-refractivity contribution in [1.82, 2.24) is 19.7 Å². The number of anilines is 2. The third-order valence-electron chi connectivity index (χ3n) is 6.97. The lowest BCUT2D eigenvalue weighted by Crippen LogP contribution is -2.60. The molecule has 0 unspecified atom stereocenters. The molecule has 37 heavy (non-hydrogen) atoms. The molecule has 1 aromatic carbocycles. The van der Waals surface area contributed by atoms with Gasteiger partial charge in [-0.15, -0.1) is 0 Å². The number of piperidine rings is 2. The quantitative estimate of drug-likeness (QED) is 0.522. The van der Waals surface area contributed by atoms with Crippen LogP contribution in [0, 0.1) is 11.6 Å². The van der Waals surface area contributed by atoms with Crippen LogP contribution in [0.1, 0.15) is 43.5 Å². The average molecular weight is 522 g/mol. The zero-order chi connectivity index (χ0) is 26.4. The Kier molecular flexibility index (Phi) is 6.34. The second-order valence-corrected chi connectivity index (χ2v) is 9.22. The van der Waals surface area contributed by atoms with E-state index in [1.54, 1.807) is 4.90 Å². The van der Waals surface area contributed by atoms with Crippen molar-refractivity contribution in [3.05, 3.63) is 59.7 Å². The molecule has 13 heteroatoms. The number of aliphatic hydroxyl groups excluding tert-OH is 1. The summed E-state index contributed by atoms with van der Waals surface area (Å²) in [5, 5.41) is 13.4. The van der Waals surface area contributed by atoms with Gasteiger partial charge in [0.1, 0.15) is 12.4 Å². The zero-order valence-electron chi connectivity index (χ0n) is 19.5. The molecule has 0 bridgehead atoms. The molecule has 196 valence electrons. The Morgan fingerprint density at radius 1 is 1.00 bits per heavy atom. The average Bonchev–Trinajstić information content (AvgIpc) is 3.38. The molecular weight excluding hydrogens is 499 g/mol. The Labute approximate surface area is 208 Å². The van der Waals surface area contributed by atoms with Gasteiger partial charge < -0.3 is 14.9 Å². The Morgan fingerprint density at radius 3 is 2.38 bits per heavy atom. The first-order chi connectivity index (χ1) is 17.6. The van der Waals surface area contributed by atoms with Gasteiger partial charge in [-0.25, -0.2) is 23.4 Å². The van der Waals surface area contributed by atoms with Crippen molar-refractivity contribution in [2.45, 2.75) is 50.4 Å². The van der Waals surface area contributed by atoms with Crippen LogP contribution in [-0.2, 0) is 17.6 Å². The van der Waals surface area contributed by atoms with E-state index < -0.39 is 35.5 Å². The van der Waals surface area contributed by atoms with E-state index in [1.165, 1.54) is 12.1 Å². The maximum atomic E-state index is 14.0. The molecule has 0 saturated carbocycles. The number of benzene rings is 1. The van der Waals surface area contributed by atoms with Crippen LogP contribution in [0.3, 0.4) is 0 Å². The Hall–Kier alpha value is -3.61. The fourth-order valence-electron chi connectivity index (χ4n) is 5.14. The summed E-state index contributed by atoms with van der Waals surface area (Å²) >= 11 is 0. The van der Waals surface area contributed by atoms with E-state index >= 15 is 0 Å². The van der Waals surface area contributed by atoms with Crippen molar-refractivity contribution in [3.63, 3.8) is 0 Å². The Bertz CT molecular complexity index is 1320. The molecule has 0 radical (unpaired) electrons. The molecule has 4 heterocycles. The van der Waals surface area contributed by atoms with E-state index in [0.717, 1.165) is 23.0 Å². The fourth-order valence-corrected chi connectivity index (χ4v) is 5.14. The molecule has 1 amide bonds. The highest BCUT2D eigenvalue weighted by atomic mass is 19.4. The largest absolute Gasteiger partial charge is 0.419 e. The maximum Gasteiger partial charge on any atom is 0.419 e. The van der Waals surface area contributed by atoms with Crippen LogP contribution in [-0.4, -0.2) is 49.4 Å². The highest BCUT2D eigenvalue weighted by Crippen LogP contribution is 2.42. The number of alkyl halides is 3. The minimum Gasteiger partial charge on any atom is -0.388 e. The van der Waals surface area contributed by atoms with Crippen LogP contribution < -0.4 is 9.80 Å². The van der Waals surface area contributed by atoms with Gasteiger partial charge in [-0.2, -0.15) is 18.3 Å². The molecule has 2 aliphatic heterocycles. The maximum absolute atomic E-state index is 14.0. The second-order valence-electron chi connectivity index (χ2n) is 9.22. The molecule has 3 aromatic rings. The molecule has 1 spiro atoms. The summed E-state index contributed by atoms with van der Waals surface area (Å²) in [5.74, 6) is -1.68. The van der Waals surface area contributed by atoms with Gasteiger partial charge in [0.2, 0.25) is 5.91 Å². The van der Waals surface area contributed by atoms with Crippen LogP contribution in [0.4, 0.5) is 33.5 Å². The second kappa shape index (κ2) is 9.36. The van der Waals surface area contributed by atoms with Crippen LogP contribution in [0.15, 0.2) is 36.7 Å². The van der Waals surface area contributed by atoms with Gasteiger partial charge >= 0.3 is 6.18 Å². The van der Waals surface area contributed by atoms with Gasteiger partial charge in [-0.1, -0.05) is 0 Å². The summed E-state index contributed by atoms with van der Waals surface area (Å²) in [6, 6.07) is 4.94. The Balaban J connectivity index is 1.41. The standard InChI is InChI=1S/C24H23F5N6O2/c25-17-4-3-16(10-18(17)26)35-22(37)2-1-5-23(35)6-8-33(9-7-23)20-11-21(32-19(14-36)31-20)34-13-15(12-30-34)24(27,28)29/h3-4,10-13,36H,1-2,5-9,14H2. The summed E-state index contributed by atoms with van der Waals surface area (Å²) in [5.41, 5.74) is -1.21. The monoisotopic (exact) mass is 522 g/mol. The van der Waals surface area contributed by atoms with E-state index in [9.17, 15) is 31.9 Å². The predicted molar refractivity (Wildman–Crippen MR) is 122 cm³/mol. The number of carbonyl (C=O) groups excluding carboxylic acids is 1. The van der Waals surface area contributed by atoms with E-state index in [1.807, 2.05) is 4.90 Å². The predicted octanol–water partition coefficient (Wildman–Crippen LogP) is 4.01. The first-order valence-electron chi connectivity index (χ1n) is 11.7. The van der Waals surface area contributed by atoms with Crippen molar-refractivity contribution in [2.24, 2.45) is 0 Å². The van der Waals surface area contributed by atoms with Crippen LogP contribution in [0.25, 0.3) is 5.82 Å². The van der Waals surface area contributed by atoms with Gasteiger partial charge in [0, 0.05) is 43.5 Å². The number of carbonyl (C=O) groups is 1. The summed E-state index contributed by atoms with van der Waals surface area (Å²) in [4.78, 5) is 24.8. The van der Waals surface area contributed by atoms with Gasteiger partial charge in [-0.05, 0) is 37.8 Å². The molecular formula is C24H23F5N6O2. The third kappa shape index (κ3) is 4.75. The molecule has 5 rings (SSSR count). The summed E-state index contributed by atoms with van der Waals surface area (Å²) < 4.78 is 67.6. The van der Waals surface area contributed by atoms with Gasteiger partial charge in [0.05, 0.1) is 17.3 Å². The van der Waals surface area contributed by atoms with Gasteiger partial charge in [0.25, 0.3) is 0 Å². The molecule has 2 fully saturated rings. The van der Waals surface area contributed by atoms with E-state index in [-0.39, 0.29) is 17.5 Å². The molecule has 2 saturated heterocycles. The van der Waals surface area contributed by atoms with Gasteiger partial charge in [-0.3, -0.25) is 4.79 Å². The van der Waals surface area contributed by atoms with E-state index in [0.29, 0.717) is 62.9 Å². The van der Waals surface area contributed by atoms with Gasteiger partial charge in [0.15, 0.2) is 23.3 Å². The number of hydrogen-bond acceptors (Lipinski definition) is 6. The fraction of sp³-hybridized carbons (Fsp3) is 0.417. The first kappa shape index (κ1) is 25.1. The number of halogens is 5. The molecule has 0 atom stereocenters. The number of rotatable bonds is 4. The number of nitrogens with zero attached hydrogens (tertiary/aromatic N) is 6. The number of aromatic nitrogens is 4. The summed E-state index contributed by atoms with van der Waals surface area (Å²) in [7, 11) is 0. The van der Waals surface area contributed by atoms with Crippen molar-refractivity contribution < 1.29 is 31.9 Å². The molecule has 2 aromatic heterocycles. The Morgan fingerprint density at radius 2 is 1.73 bits per heavy atom. The molecule has 2 aliphatic rings. The summed E-state index contributed by atoms with van der Waals surface area (Å²) in [6.45, 7) is 0.341. The van der Waals surface area contributed by atoms with E-state index in [4.69, 9.17) is 0 Å². The highest BCUT2D eigenvalue weighted by molar-refractivity contribution is 5.95. The topological polar surface area (TPSA) is 87.4 Å². The number of hydrogen-bond donors (Lipinski definition) is 1. The third-order valence-corrected chi connectivity index (χ3v) is 6.97. The normalized spacial score (nSPS) is 18.1. The molecule has 8 nitrogen and oxygen atoms in total. The van der Waals surface area contributed by atoms with Crippen molar-refractivity contribution in [2.75, 3.05) is 22.9 Å². The van der Waals surface area contributed by atoms with Crippen molar-refractivity contribution in [1.29, 1.82) is 0 Å². The number of aliphatic hydroxyl groups is 1. The zero-order valence-corrected chi connectivity index (χ0v) is 19.5. The SMILES string of the molecule is O=C1CCCC2(CCN(c3cc(-n4cc(C(F)(F)F)cn4)nc(CO)n3)CC2)N1c1ccc(F)c(F)c1. The highest BCUT2D eigenvalue weighted by Gasteiger charge is 2.45. The number of amides is 1. The smallest absolute Gasteiger partial charge is 0.388 e. The lowest BCUT2D eigenvalue weighted by atomic mass is 9.78. The van der Waals surface area contributed by atoms with Crippen LogP contribution >= 0.6 is 0 Å². The molecule has 0 aliphatic carbocycles. The van der Waals surface area contributed by atoms with Crippen molar-refractivity contribution >= 4 is 17.4 Å². The summed E-state index contributed by atoms with van der Waals surface area (Å²) in [6.07, 6.45) is -0.377. The van der Waals surface area contributed by atoms with E-state index in [2.05, 4.69) is 15.1 Å². The molecule has 1 N–H and O–H groups in total. The minimum absolute atomic E-state index is 0.0214. The van der Waals surface area contributed by atoms with Crippen molar-refractivity contribution in [3.8, 4) is 5.82 Å². The lowest BCUT2D eigenvalue weighted by Gasteiger charge is -2.51. The minimum atomic E-state index is -4.56.